The van der Waals surface area contributed by atoms with Crippen LogP contribution in [0, 0.1) is 13.8 Å². The van der Waals surface area contributed by atoms with Crippen molar-refractivity contribution in [1.82, 2.24) is 29.9 Å². The summed E-state index contributed by atoms with van der Waals surface area (Å²) in [6.45, 7) is 5.49. The zero-order valence-corrected chi connectivity index (χ0v) is 14.5. The Bertz CT molecular complexity index is 886. The number of aryl methyl sites for hydroxylation is 2. The van der Waals surface area contributed by atoms with E-state index in [0.717, 1.165) is 21.9 Å². The maximum absolute atomic E-state index is 12.2. The molecule has 2 N–H and O–H groups in total. The first-order valence-corrected chi connectivity index (χ1v) is 8.46. The molecule has 8 nitrogen and oxygen atoms in total. The minimum absolute atomic E-state index is 0.0724. The Balaban J connectivity index is 1.61. The van der Waals surface area contributed by atoms with E-state index in [1.165, 1.54) is 11.3 Å². The van der Waals surface area contributed by atoms with E-state index in [0.29, 0.717) is 18.5 Å². The molecule has 9 heteroatoms. The number of nitrogens with zero attached hydrogens (tertiary/aromatic N) is 4. The van der Waals surface area contributed by atoms with Gasteiger partial charge in [-0.2, -0.15) is 10.1 Å². The maximum atomic E-state index is 12.2. The SMILES string of the molecule is Cc1nc(=O)[nH]c(C)c1CCC(=O)N[C@H](C)c1cn2ncsc2n1. The van der Waals surface area contributed by atoms with Gasteiger partial charge in [-0.05, 0) is 32.8 Å². The summed E-state index contributed by atoms with van der Waals surface area (Å²) in [6, 6.07) is -0.192. The maximum Gasteiger partial charge on any atom is 0.345 e. The molecule has 0 aliphatic carbocycles. The molecule has 0 spiro atoms. The predicted molar refractivity (Wildman–Crippen MR) is 90.1 cm³/mol. The molecule has 0 saturated carbocycles. The minimum atomic E-state index is -0.361. The van der Waals surface area contributed by atoms with E-state index in [-0.39, 0.29) is 17.6 Å². The molecule has 0 radical (unpaired) electrons. The monoisotopic (exact) mass is 346 g/mol. The van der Waals surface area contributed by atoms with Crippen LogP contribution in [0.4, 0.5) is 0 Å². The largest absolute Gasteiger partial charge is 0.348 e. The number of carbonyl (C=O) groups is 1. The second-order valence-corrected chi connectivity index (χ2v) is 6.46. The number of imidazole rings is 1. The van der Waals surface area contributed by atoms with Gasteiger partial charge in [0.05, 0.1) is 17.9 Å². The van der Waals surface area contributed by atoms with Gasteiger partial charge in [0.15, 0.2) is 0 Å². The highest BCUT2D eigenvalue weighted by Crippen LogP contribution is 2.16. The van der Waals surface area contributed by atoms with E-state index in [4.69, 9.17) is 0 Å². The van der Waals surface area contributed by atoms with Crippen molar-refractivity contribution in [2.24, 2.45) is 0 Å². The molecule has 0 aliphatic heterocycles. The standard InChI is InChI=1S/C15H18N6O2S/c1-8-11(9(2)19-14(23)18-8)4-5-13(22)17-10(3)12-6-21-15(20-12)24-7-16-21/h6-7,10H,4-5H2,1-3H3,(H,17,22)(H,18,19,23)/t10-/m1/s1. The van der Waals surface area contributed by atoms with E-state index < -0.39 is 0 Å². The summed E-state index contributed by atoms with van der Waals surface area (Å²) in [7, 11) is 0. The summed E-state index contributed by atoms with van der Waals surface area (Å²) < 4.78 is 1.70. The highest BCUT2D eigenvalue weighted by molar-refractivity contribution is 7.14. The number of rotatable bonds is 5. The number of carbonyl (C=O) groups excluding carboxylic acids is 1. The Morgan fingerprint density at radius 3 is 2.92 bits per heavy atom. The summed E-state index contributed by atoms with van der Waals surface area (Å²) >= 11 is 1.45. The van der Waals surface area contributed by atoms with Crippen molar-refractivity contribution in [3.05, 3.63) is 44.8 Å². The molecule has 3 aromatic rings. The van der Waals surface area contributed by atoms with Crippen molar-refractivity contribution in [3.8, 4) is 0 Å². The van der Waals surface area contributed by atoms with Crippen molar-refractivity contribution >= 4 is 22.2 Å². The van der Waals surface area contributed by atoms with Crippen LogP contribution in [0.2, 0.25) is 0 Å². The normalized spacial score (nSPS) is 12.5. The fraction of sp³-hybridized carbons (Fsp3) is 0.400. The second kappa shape index (κ2) is 6.52. The van der Waals surface area contributed by atoms with E-state index >= 15 is 0 Å². The van der Waals surface area contributed by atoms with Crippen LogP contribution in [0.25, 0.3) is 4.96 Å². The van der Waals surface area contributed by atoms with Crippen molar-refractivity contribution in [2.45, 2.75) is 39.7 Å². The third kappa shape index (κ3) is 3.35. The molecule has 24 heavy (non-hydrogen) atoms. The second-order valence-electron chi connectivity index (χ2n) is 5.65. The number of aromatic amines is 1. The Morgan fingerprint density at radius 2 is 2.21 bits per heavy atom. The van der Waals surface area contributed by atoms with Gasteiger partial charge in [0.25, 0.3) is 0 Å². The number of hydrogen-bond donors (Lipinski definition) is 2. The number of H-pyrrole nitrogens is 1. The van der Waals surface area contributed by atoms with Crippen LogP contribution in [-0.2, 0) is 11.2 Å². The average Bonchev–Trinajstić information content (AvgIpc) is 3.06. The summed E-state index contributed by atoms with van der Waals surface area (Å²) in [5.41, 5.74) is 4.47. The molecule has 3 rings (SSSR count). The Kier molecular flexibility index (Phi) is 4.43. The third-order valence-corrected chi connectivity index (χ3v) is 4.57. The van der Waals surface area contributed by atoms with Gasteiger partial charge in [0, 0.05) is 17.8 Å². The Hall–Kier alpha value is -2.55. The van der Waals surface area contributed by atoms with Crippen LogP contribution in [0.1, 0.15) is 42.0 Å². The van der Waals surface area contributed by atoms with Gasteiger partial charge in [0.1, 0.15) is 5.51 Å². The van der Waals surface area contributed by atoms with Crippen molar-refractivity contribution in [1.29, 1.82) is 0 Å². The van der Waals surface area contributed by atoms with Gasteiger partial charge in [-0.15, -0.1) is 0 Å². The van der Waals surface area contributed by atoms with Gasteiger partial charge in [0.2, 0.25) is 10.9 Å². The molecular weight excluding hydrogens is 328 g/mol. The topological polar surface area (TPSA) is 105 Å². The lowest BCUT2D eigenvalue weighted by atomic mass is 10.1. The fourth-order valence-electron chi connectivity index (χ4n) is 2.61. The zero-order chi connectivity index (χ0) is 17.3. The van der Waals surface area contributed by atoms with Crippen molar-refractivity contribution in [3.63, 3.8) is 0 Å². The first-order valence-electron chi connectivity index (χ1n) is 7.58. The molecule has 0 bridgehead atoms. The first kappa shape index (κ1) is 16.3. The molecule has 0 unspecified atom stereocenters. The van der Waals surface area contributed by atoms with E-state index in [2.05, 4.69) is 25.4 Å². The molecule has 0 aliphatic rings. The lowest BCUT2D eigenvalue weighted by molar-refractivity contribution is -0.121. The average molecular weight is 346 g/mol. The van der Waals surface area contributed by atoms with Crippen molar-refractivity contribution in [2.75, 3.05) is 0 Å². The lowest BCUT2D eigenvalue weighted by Gasteiger charge is -2.12. The first-order chi connectivity index (χ1) is 11.4. The van der Waals surface area contributed by atoms with Gasteiger partial charge < -0.3 is 10.3 Å². The minimum Gasteiger partial charge on any atom is -0.348 e. The Morgan fingerprint density at radius 1 is 1.42 bits per heavy atom. The number of hydrogen-bond acceptors (Lipinski definition) is 6. The molecule has 3 heterocycles. The smallest absolute Gasteiger partial charge is 0.345 e. The Labute approximate surface area is 142 Å². The van der Waals surface area contributed by atoms with Crippen molar-refractivity contribution < 1.29 is 4.79 Å². The highest BCUT2D eigenvalue weighted by atomic mass is 32.1. The van der Waals surface area contributed by atoms with Crippen LogP contribution in [0.5, 0.6) is 0 Å². The molecule has 126 valence electrons. The predicted octanol–water partition coefficient (Wildman–Crippen LogP) is 1.30. The van der Waals surface area contributed by atoms with Gasteiger partial charge >= 0.3 is 5.69 Å². The number of aromatic nitrogens is 5. The van der Waals surface area contributed by atoms with Gasteiger partial charge in [-0.25, -0.2) is 14.3 Å². The van der Waals surface area contributed by atoms with E-state index in [9.17, 15) is 9.59 Å². The molecule has 1 atom stereocenters. The van der Waals surface area contributed by atoms with Crippen LogP contribution >= 0.6 is 11.3 Å². The summed E-state index contributed by atoms with van der Waals surface area (Å²) in [5.74, 6) is -0.0724. The summed E-state index contributed by atoms with van der Waals surface area (Å²) in [4.78, 5) is 35.3. The fourth-order valence-corrected chi connectivity index (χ4v) is 3.22. The summed E-state index contributed by atoms with van der Waals surface area (Å²) in [6.07, 6.45) is 2.66. The molecule has 0 aromatic carbocycles. The van der Waals surface area contributed by atoms with Crippen LogP contribution in [0.15, 0.2) is 16.5 Å². The quantitative estimate of drug-likeness (QED) is 0.724. The lowest BCUT2D eigenvalue weighted by Crippen LogP contribution is -2.27. The molecule has 0 fully saturated rings. The molecule has 3 aromatic heterocycles. The number of nitrogens with one attached hydrogen (secondary N) is 2. The van der Waals surface area contributed by atoms with Crippen LogP contribution in [0.3, 0.4) is 0 Å². The highest BCUT2D eigenvalue weighted by Gasteiger charge is 2.15. The molecule has 1 amide bonds. The van der Waals surface area contributed by atoms with Crippen LogP contribution < -0.4 is 11.0 Å². The molecule has 0 saturated heterocycles. The van der Waals surface area contributed by atoms with E-state index in [1.807, 2.05) is 20.0 Å². The van der Waals surface area contributed by atoms with Gasteiger partial charge in [-0.3, -0.25) is 4.79 Å². The van der Waals surface area contributed by atoms with Gasteiger partial charge in [-0.1, -0.05) is 11.3 Å². The third-order valence-electron chi connectivity index (χ3n) is 3.88. The number of amides is 1. The zero-order valence-electron chi connectivity index (χ0n) is 13.7. The van der Waals surface area contributed by atoms with Crippen LogP contribution in [-0.4, -0.2) is 30.5 Å². The molecular formula is C15H18N6O2S. The van der Waals surface area contributed by atoms with E-state index in [1.54, 1.807) is 16.9 Å². The summed E-state index contributed by atoms with van der Waals surface area (Å²) in [5, 5.41) is 7.06. The number of fused-ring (bicyclic) bond motifs is 1.